The minimum Gasteiger partial charge on any atom is -0.387 e. The quantitative estimate of drug-likeness (QED) is 0.648. The van der Waals surface area contributed by atoms with Crippen molar-refractivity contribution < 1.29 is 4.79 Å². The van der Waals surface area contributed by atoms with Crippen molar-refractivity contribution in [3.63, 3.8) is 0 Å². The summed E-state index contributed by atoms with van der Waals surface area (Å²) in [5.41, 5.74) is 4.02. The minimum absolute atomic E-state index is 0.100. The van der Waals surface area contributed by atoms with Gasteiger partial charge in [-0.25, -0.2) is 0 Å². The van der Waals surface area contributed by atoms with Crippen LogP contribution in [0.3, 0.4) is 0 Å². The number of carbonyl (C=O) groups is 1. The number of nitrogens with one attached hydrogen (secondary N) is 2. The Hall–Kier alpha value is -2.28. The molecule has 122 valence electrons. The zero-order chi connectivity index (χ0) is 16.8. The second-order valence-corrected chi connectivity index (χ2v) is 6.42. The molecule has 1 aromatic rings. The highest BCUT2D eigenvalue weighted by Crippen LogP contribution is 2.24. The summed E-state index contributed by atoms with van der Waals surface area (Å²) < 4.78 is 0. The topological polar surface area (TPSA) is 64.9 Å². The second-order valence-electron chi connectivity index (χ2n) is 6.42. The Bertz CT molecular complexity index is 641. The van der Waals surface area contributed by atoms with Crippen LogP contribution in [-0.2, 0) is 17.6 Å². The maximum atomic E-state index is 12.2. The molecule has 0 radical (unpaired) electrons. The van der Waals surface area contributed by atoms with Crippen LogP contribution >= 0.6 is 0 Å². The fraction of sp³-hybridized carbons (Fsp3) is 0.474. The fourth-order valence-electron chi connectivity index (χ4n) is 2.78. The third kappa shape index (κ3) is 4.59. The van der Waals surface area contributed by atoms with Crippen LogP contribution in [0.1, 0.15) is 56.3 Å². The summed E-state index contributed by atoms with van der Waals surface area (Å²) in [5, 5.41) is 15.0. The molecule has 2 rings (SSSR count). The van der Waals surface area contributed by atoms with Gasteiger partial charge in [0.15, 0.2) is 0 Å². The summed E-state index contributed by atoms with van der Waals surface area (Å²) in [6.07, 6.45) is 6.25. The van der Waals surface area contributed by atoms with E-state index >= 15 is 0 Å². The van der Waals surface area contributed by atoms with E-state index in [2.05, 4.69) is 28.8 Å². The number of fused-ring (bicyclic) bond motifs is 1. The standard InChI is InChI=1S/C19H25N3O/c1-13(2)21-12-18(11-20)19(23)22-14(3)16-9-8-15-6-4-5-7-17(15)10-16/h8-10,12-14,21H,4-7H2,1-3H3,(H,22,23)/b18-12-. The molecule has 0 spiro atoms. The smallest absolute Gasteiger partial charge is 0.263 e. The number of nitriles is 1. The van der Waals surface area contributed by atoms with Gasteiger partial charge in [0, 0.05) is 12.2 Å². The van der Waals surface area contributed by atoms with Crippen LogP contribution in [0.25, 0.3) is 0 Å². The van der Waals surface area contributed by atoms with E-state index in [-0.39, 0.29) is 23.6 Å². The average molecular weight is 311 g/mol. The van der Waals surface area contributed by atoms with E-state index < -0.39 is 0 Å². The predicted molar refractivity (Wildman–Crippen MR) is 91.6 cm³/mol. The highest BCUT2D eigenvalue weighted by molar-refractivity contribution is 5.97. The Balaban J connectivity index is 2.06. The molecular weight excluding hydrogens is 286 g/mol. The summed E-state index contributed by atoms with van der Waals surface area (Å²) in [7, 11) is 0. The Morgan fingerprint density at radius 3 is 2.57 bits per heavy atom. The molecule has 1 aromatic carbocycles. The molecular formula is C19H25N3O. The van der Waals surface area contributed by atoms with E-state index in [4.69, 9.17) is 5.26 Å². The van der Waals surface area contributed by atoms with E-state index in [1.54, 1.807) is 0 Å². The Labute approximate surface area is 138 Å². The van der Waals surface area contributed by atoms with Gasteiger partial charge in [-0.15, -0.1) is 0 Å². The molecule has 1 aliphatic carbocycles. The highest BCUT2D eigenvalue weighted by Gasteiger charge is 2.16. The normalized spacial score (nSPS) is 15.5. The number of rotatable bonds is 5. The van der Waals surface area contributed by atoms with Crippen LogP contribution in [0.15, 0.2) is 30.0 Å². The van der Waals surface area contributed by atoms with Crippen molar-refractivity contribution in [2.45, 2.75) is 58.5 Å². The lowest BCUT2D eigenvalue weighted by atomic mass is 9.89. The minimum atomic E-state index is -0.342. The number of aryl methyl sites for hydroxylation is 2. The number of hydrogen-bond donors (Lipinski definition) is 2. The largest absolute Gasteiger partial charge is 0.387 e. The van der Waals surface area contributed by atoms with Gasteiger partial charge >= 0.3 is 0 Å². The van der Waals surface area contributed by atoms with E-state index in [0.29, 0.717) is 0 Å². The molecule has 4 nitrogen and oxygen atoms in total. The Morgan fingerprint density at radius 1 is 1.22 bits per heavy atom. The lowest BCUT2D eigenvalue weighted by Gasteiger charge is -2.20. The molecule has 1 atom stereocenters. The molecule has 0 aliphatic heterocycles. The third-order valence-corrected chi connectivity index (χ3v) is 4.15. The molecule has 1 amide bonds. The summed E-state index contributed by atoms with van der Waals surface area (Å²) in [4.78, 5) is 12.2. The van der Waals surface area contributed by atoms with Gasteiger partial charge in [0.2, 0.25) is 0 Å². The predicted octanol–water partition coefficient (Wildman–Crippen LogP) is 3.15. The molecule has 0 fully saturated rings. The van der Waals surface area contributed by atoms with Crippen LogP contribution in [0, 0.1) is 11.3 Å². The van der Waals surface area contributed by atoms with Gasteiger partial charge in [-0.1, -0.05) is 18.2 Å². The van der Waals surface area contributed by atoms with Crippen LogP contribution in [0.5, 0.6) is 0 Å². The van der Waals surface area contributed by atoms with Crippen LogP contribution in [-0.4, -0.2) is 11.9 Å². The van der Waals surface area contributed by atoms with Crippen molar-refractivity contribution in [2.75, 3.05) is 0 Å². The number of amides is 1. The van der Waals surface area contributed by atoms with Gasteiger partial charge in [0.05, 0.1) is 6.04 Å². The summed E-state index contributed by atoms with van der Waals surface area (Å²) in [5.74, 6) is -0.342. The second kappa shape index (κ2) is 7.82. The molecule has 23 heavy (non-hydrogen) atoms. The monoisotopic (exact) mass is 311 g/mol. The average Bonchev–Trinajstić information content (AvgIpc) is 2.54. The molecule has 1 aliphatic rings. The molecule has 4 heteroatoms. The van der Waals surface area contributed by atoms with E-state index in [1.165, 1.54) is 30.2 Å². The van der Waals surface area contributed by atoms with Gasteiger partial charge < -0.3 is 10.6 Å². The van der Waals surface area contributed by atoms with E-state index in [9.17, 15) is 4.79 Å². The van der Waals surface area contributed by atoms with Crippen molar-refractivity contribution in [2.24, 2.45) is 0 Å². The van der Waals surface area contributed by atoms with Crippen molar-refractivity contribution in [1.82, 2.24) is 10.6 Å². The lowest BCUT2D eigenvalue weighted by molar-refractivity contribution is -0.117. The van der Waals surface area contributed by atoms with Crippen LogP contribution in [0.4, 0.5) is 0 Å². The molecule has 0 aromatic heterocycles. The molecule has 0 heterocycles. The SMILES string of the molecule is CC(C)N/C=C(/C#N)C(=O)NC(C)c1ccc2c(c1)CCCC2. The van der Waals surface area contributed by atoms with Crippen molar-refractivity contribution in [1.29, 1.82) is 5.26 Å². The third-order valence-electron chi connectivity index (χ3n) is 4.15. The molecule has 0 saturated heterocycles. The highest BCUT2D eigenvalue weighted by atomic mass is 16.1. The lowest BCUT2D eigenvalue weighted by Crippen LogP contribution is -2.29. The number of benzene rings is 1. The van der Waals surface area contributed by atoms with Gasteiger partial charge in [0.25, 0.3) is 5.91 Å². The first-order valence-corrected chi connectivity index (χ1v) is 8.30. The molecule has 0 bridgehead atoms. The zero-order valence-electron chi connectivity index (χ0n) is 14.1. The van der Waals surface area contributed by atoms with Crippen molar-refractivity contribution in [3.05, 3.63) is 46.7 Å². The van der Waals surface area contributed by atoms with Crippen molar-refractivity contribution >= 4 is 5.91 Å². The maximum Gasteiger partial charge on any atom is 0.263 e. The zero-order valence-corrected chi connectivity index (χ0v) is 14.1. The molecule has 2 N–H and O–H groups in total. The first-order chi connectivity index (χ1) is 11.0. The van der Waals surface area contributed by atoms with Crippen LogP contribution < -0.4 is 10.6 Å². The van der Waals surface area contributed by atoms with Gasteiger partial charge in [-0.2, -0.15) is 5.26 Å². The summed E-state index contributed by atoms with van der Waals surface area (Å²) in [6.45, 7) is 5.87. The number of hydrogen-bond acceptors (Lipinski definition) is 3. The first-order valence-electron chi connectivity index (χ1n) is 8.30. The van der Waals surface area contributed by atoms with Crippen molar-refractivity contribution in [3.8, 4) is 6.07 Å². The maximum absolute atomic E-state index is 12.2. The number of carbonyl (C=O) groups excluding carboxylic acids is 1. The van der Waals surface area contributed by atoms with E-state index in [0.717, 1.165) is 18.4 Å². The Morgan fingerprint density at radius 2 is 1.91 bits per heavy atom. The summed E-state index contributed by atoms with van der Waals surface area (Å²) >= 11 is 0. The first kappa shape index (κ1) is 17.1. The fourth-order valence-corrected chi connectivity index (χ4v) is 2.78. The number of nitrogens with zero attached hydrogens (tertiary/aromatic N) is 1. The summed E-state index contributed by atoms with van der Waals surface area (Å²) in [6, 6.07) is 8.47. The van der Waals surface area contributed by atoms with E-state index in [1.807, 2.05) is 26.8 Å². The Kier molecular flexibility index (Phi) is 5.81. The van der Waals surface area contributed by atoms with Gasteiger partial charge in [-0.3, -0.25) is 4.79 Å². The van der Waals surface area contributed by atoms with Gasteiger partial charge in [0.1, 0.15) is 11.6 Å². The van der Waals surface area contributed by atoms with Crippen LogP contribution in [0.2, 0.25) is 0 Å². The molecule has 1 unspecified atom stereocenters. The molecule has 0 saturated carbocycles. The van der Waals surface area contributed by atoms with Gasteiger partial charge in [-0.05, 0) is 63.1 Å².